The van der Waals surface area contributed by atoms with Crippen LogP contribution in [0.5, 0.6) is 5.75 Å². The van der Waals surface area contributed by atoms with Gasteiger partial charge in [-0.2, -0.15) is 0 Å². The van der Waals surface area contributed by atoms with E-state index in [-0.39, 0.29) is 0 Å². The normalized spacial score (nSPS) is 15.8. The van der Waals surface area contributed by atoms with Crippen LogP contribution in [0.15, 0.2) is 6.07 Å². The lowest BCUT2D eigenvalue weighted by molar-refractivity contribution is 0.459. The van der Waals surface area contributed by atoms with E-state index in [0.29, 0.717) is 11.4 Å². The van der Waals surface area contributed by atoms with Gasteiger partial charge in [-0.3, -0.25) is 4.98 Å². The average Bonchev–Trinajstić information content (AvgIpc) is 2.04. The first-order chi connectivity index (χ1) is 5.77. The molecule has 2 nitrogen and oxygen atoms in total. The molecule has 1 aromatic heterocycles. The number of pyridine rings is 1. The van der Waals surface area contributed by atoms with E-state index in [0.717, 1.165) is 24.1 Å². The number of fused-ring (bicyclic) bond motifs is 1. The highest BCUT2D eigenvalue weighted by Crippen LogP contribution is 2.27. The lowest BCUT2D eigenvalue weighted by Crippen LogP contribution is -2.06. The fourth-order valence-corrected chi connectivity index (χ4v) is 1.74. The molecule has 0 fully saturated rings. The molecule has 0 spiro atoms. The Labute approximate surface area is 72.3 Å². The summed E-state index contributed by atoms with van der Waals surface area (Å²) in [5.74, 6) is 0.379. The van der Waals surface area contributed by atoms with Gasteiger partial charge in [-0.15, -0.1) is 0 Å². The highest BCUT2D eigenvalue weighted by molar-refractivity contribution is 5.39. The maximum Gasteiger partial charge on any atom is 0.122 e. The van der Waals surface area contributed by atoms with E-state index < -0.39 is 0 Å². The summed E-state index contributed by atoms with van der Waals surface area (Å²) in [5.41, 5.74) is 2.76. The van der Waals surface area contributed by atoms with Crippen molar-refractivity contribution in [3.05, 3.63) is 29.9 Å². The molecule has 12 heavy (non-hydrogen) atoms. The molecule has 2 heteroatoms. The Balaban J connectivity index is 2.53. The molecule has 1 aromatic rings. The number of hydrogen-bond acceptors (Lipinski definition) is 2. The van der Waals surface area contributed by atoms with Gasteiger partial charge in [-0.1, -0.05) is 0 Å². The lowest BCUT2D eigenvalue weighted by Gasteiger charge is -2.16. The van der Waals surface area contributed by atoms with Gasteiger partial charge in [-0.05, 0) is 32.6 Å². The van der Waals surface area contributed by atoms with E-state index in [4.69, 9.17) is 0 Å². The third kappa shape index (κ3) is 1.17. The number of rotatable bonds is 0. The number of hydrogen-bond donors (Lipinski definition) is 1. The topological polar surface area (TPSA) is 33.1 Å². The van der Waals surface area contributed by atoms with Crippen molar-refractivity contribution in [2.75, 3.05) is 0 Å². The van der Waals surface area contributed by atoms with Crippen molar-refractivity contribution in [3.8, 4) is 5.75 Å². The smallest absolute Gasteiger partial charge is 0.122 e. The summed E-state index contributed by atoms with van der Waals surface area (Å²) in [6.45, 7) is 3.72. The molecule has 1 heterocycles. The van der Waals surface area contributed by atoms with Crippen LogP contribution in [0.2, 0.25) is 0 Å². The molecular formula is C10H12NO. The Morgan fingerprint density at radius 2 is 2.08 bits per heavy atom. The molecule has 0 saturated heterocycles. The summed E-state index contributed by atoms with van der Waals surface area (Å²) in [7, 11) is 0. The quantitative estimate of drug-likeness (QED) is 0.631. The number of aromatic nitrogens is 1. The molecule has 0 unspecified atom stereocenters. The Hall–Kier alpha value is -1.05. The first kappa shape index (κ1) is 7.59. The van der Waals surface area contributed by atoms with Gasteiger partial charge in [0.1, 0.15) is 5.75 Å². The highest BCUT2D eigenvalue weighted by Gasteiger charge is 2.14. The molecule has 0 amide bonds. The van der Waals surface area contributed by atoms with Crippen molar-refractivity contribution < 1.29 is 5.11 Å². The fraction of sp³-hybridized carbons (Fsp3) is 0.400. The van der Waals surface area contributed by atoms with Gasteiger partial charge in [0, 0.05) is 23.0 Å². The molecule has 0 bridgehead atoms. The molecular weight excluding hydrogens is 150 g/mol. The number of aromatic hydroxyl groups is 1. The number of nitrogens with zero attached hydrogens (tertiary/aromatic N) is 1. The van der Waals surface area contributed by atoms with Gasteiger partial charge in [0.25, 0.3) is 0 Å². The summed E-state index contributed by atoms with van der Waals surface area (Å²) in [4.78, 5) is 4.30. The first-order valence-corrected chi connectivity index (χ1v) is 4.31. The van der Waals surface area contributed by atoms with E-state index in [2.05, 4.69) is 11.9 Å². The van der Waals surface area contributed by atoms with Gasteiger partial charge in [0.15, 0.2) is 0 Å². The van der Waals surface area contributed by atoms with Crippen molar-refractivity contribution in [1.82, 2.24) is 4.98 Å². The van der Waals surface area contributed by atoms with Crippen LogP contribution in [-0.2, 0) is 12.8 Å². The van der Waals surface area contributed by atoms with Gasteiger partial charge < -0.3 is 5.11 Å². The maximum atomic E-state index is 9.56. The Morgan fingerprint density at radius 1 is 1.33 bits per heavy atom. The standard InChI is InChI=1S/C10H12NO/c1-7-6-10(12)8-4-2-3-5-9(8)11-7/h6H,1-5H2,(H,11,12). The van der Waals surface area contributed by atoms with Crippen LogP contribution >= 0.6 is 0 Å². The molecule has 1 aliphatic rings. The zero-order valence-corrected chi connectivity index (χ0v) is 7.01. The van der Waals surface area contributed by atoms with E-state index in [1.165, 1.54) is 12.8 Å². The Bertz CT molecular complexity index is 307. The second-order valence-electron chi connectivity index (χ2n) is 3.27. The maximum absolute atomic E-state index is 9.56. The average molecular weight is 162 g/mol. The highest BCUT2D eigenvalue weighted by atomic mass is 16.3. The summed E-state index contributed by atoms with van der Waals surface area (Å²) >= 11 is 0. The lowest BCUT2D eigenvalue weighted by atomic mass is 9.95. The SMILES string of the molecule is [CH2]c1cc(O)c2c(n1)CCCC2. The third-order valence-corrected chi connectivity index (χ3v) is 2.33. The molecule has 2 rings (SSSR count). The predicted octanol–water partition coefficient (Wildman–Crippen LogP) is 1.85. The molecule has 1 N–H and O–H groups in total. The molecule has 0 saturated carbocycles. The minimum Gasteiger partial charge on any atom is -0.508 e. The summed E-state index contributed by atoms with van der Waals surface area (Å²) in [6, 6.07) is 1.64. The van der Waals surface area contributed by atoms with Crippen LogP contribution < -0.4 is 0 Å². The van der Waals surface area contributed by atoms with Crippen molar-refractivity contribution >= 4 is 0 Å². The Kier molecular flexibility index (Phi) is 1.75. The molecule has 1 aliphatic carbocycles. The third-order valence-electron chi connectivity index (χ3n) is 2.33. The van der Waals surface area contributed by atoms with Crippen molar-refractivity contribution in [1.29, 1.82) is 0 Å². The van der Waals surface area contributed by atoms with E-state index in [1.54, 1.807) is 6.07 Å². The molecule has 63 valence electrons. The number of aryl methyl sites for hydroxylation is 1. The van der Waals surface area contributed by atoms with Gasteiger partial charge in [-0.25, -0.2) is 0 Å². The van der Waals surface area contributed by atoms with Gasteiger partial charge >= 0.3 is 0 Å². The summed E-state index contributed by atoms with van der Waals surface area (Å²) in [6.07, 6.45) is 4.31. The van der Waals surface area contributed by atoms with Crippen LogP contribution in [0.4, 0.5) is 0 Å². The molecule has 0 aromatic carbocycles. The van der Waals surface area contributed by atoms with E-state index in [9.17, 15) is 5.11 Å². The molecule has 0 aliphatic heterocycles. The predicted molar refractivity (Wildman–Crippen MR) is 47.0 cm³/mol. The second kappa shape index (κ2) is 2.77. The van der Waals surface area contributed by atoms with Gasteiger partial charge in [0.2, 0.25) is 0 Å². The van der Waals surface area contributed by atoms with Crippen LogP contribution in [0.1, 0.15) is 29.8 Å². The second-order valence-corrected chi connectivity index (χ2v) is 3.27. The first-order valence-electron chi connectivity index (χ1n) is 4.31. The zero-order chi connectivity index (χ0) is 8.55. The van der Waals surface area contributed by atoms with Crippen molar-refractivity contribution in [2.24, 2.45) is 0 Å². The minimum absolute atomic E-state index is 0.379. The summed E-state index contributed by atoms with van der Waals surface area (Å²) < 4.78 is 0. The zero-order valence-electron chi connectivity index (χ0n) is 7.01. The monoisotopic (exact) mass is 162 g/mol. The van der Waals surface area contributed by atoms with E-state index >= 15 is 0 Å². The van der Waals surface area contributed by atoms with E-state index in [1.807, 2.05) is 0 Å². The van der Waals surface area contributed by atoms with Gasteiger partial charge in [0.05, 0.1) is 0 Å². The van der Waals surface area contributed by atoms with Crippen molar-refractivity contribution in [2.45, 2.75) is 25.7 Å². The molecule has 0 atom stereocenters. The van der Waals surface area contributed by atoms with Crippen LogP contribution in [0.25, 0.3) is 0 Å². The molecule has 1 radical (unpaired) electrons. The van der Waals surface area contributed by atoms with Crippen LogP contribution in [-0.4, -0.2) is 10.1 Å². The largest absolute Gasteiger partial charge is 0.508 e. The summed E-state index contributed by atoms with van der Waals surface area (Å²) in [5, 5.41) is 9.56. The van der Waals surface area contributed by atoms with Crippen molar-refractivity contribution in [3.63, 3.8) is 0 Å². The van der Waals surface area contributed by atoms with Crippen LogP contribution in [0.3, 0.4) is 0 Å². The van der Waals surface area contributed by atoms with Crippen LogP contribution in [0, 0.1) is 6.92 Å². The fourth-order valence-electron chi connectivity index (χ4n) is 1.74. The Morgan fingerprint density at radius 3 is 2.92 bits per heavy atom. The minimum atomic E-state index is 0.379.